The number of hydrogen-bond donors (Lipinski definition) is 2. The number of aliphatic hydroxyl groups is 1. The molecule has 0 unspecified atom stereocenters. The lowest BCUT2D eigenvalue weighted by Crippen LogP contribution is -2.52. The zero-order valence-electron chi connectivity index (χ0n) is 14.1. The molecule has 0 amide bonds. The van der Waals surface area contributed by atoms with Crippen LogP contribution in [0.25, 0.3) is 0 Å². The molecule has 0 aromatic heterocycles. The largest absolute Gasteiger partial charge is 0.391 e. The van der Waals surface area contributed by atoms with Crippen molar-refractivity contribution in [2.24, 2.45) is 35.0 Å². The van der Waals surface area contributed by atoms with Gasteiger partial charge < -0.3 is 10.4 Å². The van der Waals surface area contributed by atoms with Crippen LogP contribution in [0.5, 0.6) is 0 Å². The summed E-state index contributed by atoms with van der Waals surface area (Å²) >= 11 is 0. The standard InChI is InChI=1S/C19H31NO2/c1-19-8-7-14-13-6-4-12(21)9-11(13)3-5-15(14)16(19)10-17(22)18(19)20-2/h11,13-18,20,22H,3-10H2,1-2H3/t11-,13-,14+,15+,16-,17+,18-,19-/m0/s1. The van der Waals surface area contributed by atoms with E-state index in [2.05, 4.69) is 12.2 Å². The Morgan fingerprint density at radius 3 is 2.73 bits per heavy atom. The molecule has 4 fully saturated rings. The maximum absolute atomic E-state index is 11.8. The van der Waals surface area contributed by atoms with Crippen molar-refractivity contribution < 1.29 is 9.90 Å². The third-order valence-corrected chi connectivity index (χ3v) is 8.10. The van der Waals surface area contributed by atoms with Gasteiger partial charge in [0.15, 0.2) is 0 Å². The Kier molecular flexibility index (Phi) is 3.65. The summed E-state index contributed by atoms with van der Waals surface area (Å²) in [4.78, 5) is 11.8. The number of hydrogen-bond acceptors (Lipinski definition) is 3. The number of rotatable bonds is 1. The van der Waals surface area contributed by atoms with Crippen molar-refractivity contribution in [3.05, 3.63) is 0 Å². The average molecular weight is 305 g/mol. The molecule has 2 N–H and O–H groups in total. The fourth-order valence-electron chi connectivity index (χ4n) is 7.20. The van der Waals surface area contributed by atoms with Crippen LogP contribution in [0.2, 0.25) is 0 Å². The van der Waals surface area contributed by atoms with Crippen LogP contribution in [0.4, 0.5) is 0 Å². The van der Waals surface area contributed by atoms with Gasteiger partial charge in [0.05, 0.1) is 6.10 Å². The highest BCUT2D eigenvalue weighted by atomic mass is 16.3. The Hall–Kier alpha value is -0.410. The summed E-state index contributed by atoms with van der Waals surface area (Å²) in [5.74, 6) is 4.28. The number of fused-ring (bicyclic) bond motifs is 5. The smallest absolute Gasteiger partial charge is 0.133 e. The molecular formula is C19H31NO2. The van der Waals surface area contributed by atoms with Gasteiger partial charge in [0.25, 0.3) is 0 Å². The molecular weight excluding hydrogens is 274 g/mol. The number of ketones is 1. The zero-order valence-corrected chi connectivity index (χ0v) is 14.1. The van der Waals surface area contributed by atoms with Gasteiger partial charge in [0, 0.05) is 18.9 Å². The lowest BCUT2D eigenvalue weighted by Gasteiger charge is -2.55. The van der Waals surface area contributed by atoms with Crippen molar-refractivity contribution in [3.63, 3.8) is 0 Å². The molecule has 8 atom stereocenters. The first-order valence-corrected chi connectivity index (χ1v) is 9.41. The molecule has 4 aliphatic rings. The molecule has 0 aromatic rings. The maximum atomic E-state index is 11.8. The molecule has 0 radical (unpaired) electrons. The topological polar surface area (TPSA) is 49.3 Å². The summed E-state index contributed by atoms with van der Waals surface area (Å²) in [5, 5.41) is 14.0. The van der Waals surface area contributed by atoms with Gasteiger partial charge in [-0.15, -0.1) is 0 Å². The minimum Gasteiger partial charge on any atom is -0.391 e. The van der Waals surface area contributed by atoms with Crippen LogP contribution in [0.15, 0.2) is 0 Å². The number of nitrogens with one attached hydrogen (secondary N) is 1. The van der Waals surface area contributed by atoms with E-state index in [0.717, 1.165) is 43.4 Å². The van der Waals surface area contributed by atoms with Crippen LogP contribution in [0.1, 0.15) is 58.3 Å². The van der Waals surface area contributed by atoms with E-state index >= 15 is 0 Å². The zero-order chi connectivity index (χ0) is 15.5. The second kappa shape index (κ2) is 5.31. The Morgan fingerprint density at radius 1 is 1.14 bits per heavy atom. The first-order chi connectivity index (χ1) is 10.5. The third-order valence-electron chi connectivity index (χ3n) is 8.10. The fourth-order valence-corrected chi connectivity index (χ4v) is 7.20. The minimum absolute atomic E-state index is 0.176. The van der Waals surface area contributed by atoms with E-state index in [1.807, 2.05) is 7.05 Å². The Balaban J connectivity index is 1.58. The molecule has 0 heterocycles. The van der Waals surface area contributed by atoms with E-state index in [0.29, 0.717) is 17.6 Å². The van der Waals surface area contributed by atoms with E-state index in [9.17, 15) is 9.90 Å². The number of likely N-dealkylation sites (N-methyl/N-ethyl adjacent to an activating group) is 1. The van der Waals surface area contributed by atoms with Gasteiger partial charge in [-0.3, -0.25) is 4.79 Å². The Bertz CT molecular complexity index is 464. The highest BCUT2D eigenvalue weighted by Gasteiger charge is 2.59. The van der Waals surface area contributed by atoms with Crippen molar-refractivity contribution in [2.75, 3.05) is 7.05 Å². The summed E-state index contributed by atoms with van der Waals surface area (Å²) in [6.07, 6.45) is 8.75. The van der Waals surface area contributed by atoms with Crippen LogP contribution in [-0.2, 0) is 4.79 Å². The molecule has 4 rings (SSSR count). The van der Waals surface area contributed by atoms with E-state index in [4.69, 9.17) is 0 Å². The molecule has 4 saturated carbocycles. The van der Waals surface area contributed by atoms with Crippen LogP contribution in [0.3, 0.4) is 0 Å². The molecule has 0 aromatic carbocycles. The van der Waals surface area contributed by atoms with Gasteiger partial charge in [-0.05, 0) is 80.6 Å². The van der Waals surface area contributed by atoms with Gasteiger partial charge in [0.1, 0.15) is 5.78 Å². The molecule has 0 saturated heterocycles. The number of carbonyl (C=O) groups excluding carboxylic acids is 1. The second-order valence-corrected chi connectivity index (χ2v) is 8.83. The van der Waals surface area contributed by atoms with Crippen LogP contribution < -0.4 is 5.32 Å². The fraction of sp³-hybridized carbons (Fsp3) is 0.947. The SMILES string of the molecule is CN[C@H]1[C@H](O)C[C@H]2[C@@H]3CC[C@H]4CC(=O)CC[C@@H]4[C@H]3CC[C@@]21C. The van der Waals surface area contributed by atoms with Crippen molar-refractivity contribution in [1.82, 2.24) is 5.32 Å². The monoisotopic (exact) mass is 305 g/mol. The summed E-state index contributed by atoms with van der Waals surface area (Å²) < 4.78 is 0. The Morgan fingerprint density at radius 2 is 1.95 bits per heavy atom. The Labute approximate surface area is 134 Å². The number of Topliss-reactive ketones (excluding diaryl/α,β-unsaturated/α-hetero) is 1. The predicted octanol–water partition coefficient (Wildman–Crippen LogP) is 2.77. The highest BCUT2D eigenvalue weighted by Crippen LogP contribution is 2.62. The van der Waals surface area contributed by atoms with Gasteiger partial charge in [-0.1, -0.05) is 6.92 Å². The highest BCUT2D eigenvalue weighted by molar-refractivity contribution is 5.79. The predicted molar refractivity (Wildman–Crippen MR) is 86.4 cm³/mol. The van der Waals surface area contributed by atoms with Gasteiger partial charge in [0.2, 0.25) is 0 Å². The van der Waals surface area contributed by atoms with Crippen molar-refractivity contribution in [2.45, 2.75) is 70.4 Å². The van der Waals surface area contributed by atoms with Crippen molar-refractivity contribution >= 4 is 5.78 Å². The minimum atomic E-state index is -0.176. The summed E-state index contributed by atoms with van der Waals surface area (Å²) in [5.41, 5.74) is 0.270. The van der Waals surface area contributed by atoms with Gasteiger partial charge in [-0.25, -0.2) is 0 Å². The summed E-state index contributed by atoms with van der Waals surface area (Å²) in [6.45, 7) is 2.42. The van der Waals surface area contributed by atoms with Gasteiger partial charge >= 0.3 is 0 Å². The van der Waals surface area contributed by atoms with E-state index in [-0.39, 0.29) is 17.6 Å². The molecule has 3 nitrogen and oxygen atoms in total. The number of aliphatic hydroxyl groups excluding tert-OH is 1. The van der Waals surface area contributed by atoms with Crippen molar-refractivity contribution in [1.29, 1.82) is 0 Å². The van der Waals surface area contributed by atoms with Crippen LogP contribution in [0, 0.1) is 35.0 Å². The quantitative estimate of drug-likeness (QED) is 0.783. The molecule has 124 valence electrons. The molecule has 4 aliphatic carbocycles. The summed E-state index contributed by atoms with van der Waals surface area (Å²) in [7, 11) is 2.01. The lowest BCUT2D eigenvalue weighted by atomic mass is 9.50. The van der Waals surface area contributed by atoms with Crippen LogP contribution >= 0.6 is 0 Å². The van der Waals surface area contributed by atoms with E-state index in [1.54, 1.807) is 0 Å². The summed E-state index contributed by atoms with van der Waals surface area (Å²) in [6, 6.07) is 0.268. The molecule has 0 bridgehead atoms. The number of carbonyl (C=O) groups is 1. The van der Waals surface area contributed by atoms with Crippen LogP contribution in [-0.4, -0.2) is 30.1 Å². The molecule has 3 heteroatoms. The lowest BCUT2D eigenvalue weighted by molar-refractivity contribution is -0.127. The molecule has 0 aliphatic heterocycles. The van der Waals surface area contributed by atoms with Crippen molar-refractivity contribution in [3.8, 4) is 0 Å². The van der Waals surface area contributed by atoms with E-state index in [1.165, 1.54) is 25.7 Å². The maximum Gasteiger partial charge on any atom is 0.133 e. The second-order valence-electron chi connectivity index (χ2n) is 8.83. The molecule has 22 heavy (non-hydrogen) atoms. The first-order valence-electron chi connectivity index (χ1n) is 9.41. The van der Waals surface area contributed by atoms with E-state index < -0.39 is 0 Å². The van der Waals surface area contributed by atoms with Gasteiger partial charge in [-0.2, -0.15) is 0 Å². The average Bonchev–Trinajstić information content (AvgIpc) is 2.76. The molecule has 0 spiro atoms. The normalized spacial score (nSPS) is 54.5. The third kappa shape index (κ3) is 2.04. The first kappa shape index (κ1) is 15.1.